The van der Waals surface area contributed by atoms with E-state index in [2.05, 4.69) is 29.4 Å². The maximum atomic E-state index is 8.90. The maximum Gasteiger partial charge on any atom is 0.0827 e. The van der Waals surface area contributed by atoms with Crippen LogP contribution >= 0.6 is 0 Å². The van der Waals surface area contributed by atoms with Gasteiger partial charge in [-0.25, -0.2) is 0 Å². The van der Waals surface area contributed by atoms with E-state index in [0.717, 1.165) is 30.5 Å². The van der Waals surface area contributed by atoms with Gasteiger partial charge in [-0.3, -0.25) is 0 Å². The highest BCUT2D eigenvalue weighted by Gasteiger charge is 2.12. The van der Waals surface area contributed by atoms with Crippen LogP contribution in [0.2, 0.25) is 0 Å². The Morgan fingerprint density at radius 1 is 1.06 bits per heavy atom. The summed E-state index contributed by atoms with van der Waals surface area (Å²) in [6, 6.07) is 10.2. The van der Waals surface area contributed by atoms with E-state index in [1.807, 2.05) is 24.3 Å². The van der Waals surface area contributed by atoms with Crippen molar-refractivity contribution in [3.63, 3.8) is 0 Å². The van der Waals surface area contributed by atoms with Gasteiger partial charge in [-0.1, -0.05) is 53.7 Å². The van der Waals surface area contributed by atoms with Gasteiger partial charge in [0.1, 0.15) is 0 Å². The fourth-order valence-electron chi connectivity index (χ4n) is 2.05. The molecule has 0 heterocycles. The molecule has 0 amide bonds. The van der Waals surface area contributed by atoms with Gasteiger partial charge in [0.05, 0.1) is 5.71 Å². The van der Waals surface area contributed by atoms with Crippen molar-refractivity contribution in [2.75, 3.05) is 0 Å². The molecule has 1 N–H and O–H groups in total. The highest BCUT2D eigenvalue weighted by Crippen LogP contribution is 2.21. The molecule has 0 spiro atoms. The predicted octanol–water partition coefficient (Wildman–Crippen LogP) is 4.03. The van der Waals surface area contributed by atoms with Crippen molar-refractivity contribution in [1.29, 1.82) is 0 Å². The summed E-state index contributed by atoms with van der Waals surface area (Å²) in [6.07, 6.45) is 10.4. The molecule has 2 rings (SSSR count). The monoisotopic (exact) mass is 227 g/mol. The third-order valence-electron chi connectivity index (χ3n) is 2.99. The zero-order valence-corrected chi connectivity index (χ0v) is 9.84. The standard InChI is InChI=1S/C15H17NO/c17-16-15-12-5-4-10-14(15)11-6-9-13-7-2-1-3-8-13/h1-3,6-9,11,17H,4-5,10,12H2/b9-6+,14-11-,16-15+. The maximum absolute atomic E-state index is 8.90. The average Bonchev–Trinajstić information content (AvgIpc) is 2.40. The van der Waals surface area contributed by atoms with E-state index >= 15 is 0 Å². The number of hydrogen-bond acceptors (Lipinski definition) is 2. The Bertz CT molecular complexity index is 443. The molecule has 1 fully saturated rings. The number of nitrogens with zero attached hydrogens (tertiary/aromatic N) is 1. The summed E-state index contributed by atoms with van der Waals surface area (Å²) in [5, 5.41) is 12.3. The molecule has 1 aromatic carbocycles. The van der Waals surface area contributed by atoms with Crippen molar-refractivity contribution < 1.29 is 5.21 Å². The molecule has 1 aliphatic carbocycles. The summed E-state index contributed by atoms with van der Waals surface area (Å²) in [5.74, 6) is 0. The Morgan fingerprint density at radius 3 is 2.59 bits per heavy atom. The van der Waals surface area contributed by atoms with Crippen LogP contribution in [0.15, 0.2) is 53.2 Å². The van der Waals surface area contributed by atoms with Crippen molar-refractivity contribution in [3.05, 3.63) is 53.6 Å². The minimum Gasteiger partial charge on any atom is -0.411 e. The van der Waals surface area contributed by atoms with Gasteiger partial charge in [0.2, 0.25) is 0 Å². The fraction of sp³-hybridized carbons (Fsp3) is 0.267. The first-order valence-corrected chi connectivity index (χ1v) is 6.04. The molecule has 88 valence electrons. The lowest BCUT2D eigenvalue weighted by Crippen LogP contribution is -2.08. The molecule has 0 atom stereocenters. The minimum atomic E-state index is 0.842. The Labute approximate surface area is 102 Å². The lowest BCUT2D eigenvalue weighted by molar-refractivity contribution is 0.316. The highest BCUT2D eigenvalue weighted by molar-refractivity contribution is 6.00. The first kappa shape index (κ1) is 11.6. The Kier molecular flexibility index (Phi) is 4.14. The van der Waals surface area contributed by atoms with E-state index in [4.69, 9.17) is 5.21 Å². The first-order valence-electron chi connectivity index (χ1n) is 6.04. The summed E-state index contributed by atoms with van der Waals surface area (Å²) >= 11 is 0. The molecule has 17 heavy (non-hydrogen) atoms. The van der Waals surface area contributed by atoms with Gasteiger partial charge in [-0.15, -0.1) is 0 Å². The second-order valence-electron chi connectivity index (χ2n) is 4.22. The molecular formula is C15H17NO. The van der Waals surface area contributed by atoms with Gasteiger partial charge < -0.3 is 5.21 Å². The van der Waals surface area contributed by atoms with Crippen LogP contribution in [0.25, 0.3) is 6.08 Å². The second kappa shape index (κ2) is 6.04. The molecule has 0 aromatic heterocycles. The van der Waals surface area contributed by atoms with E-state index in [0.29, 0.717) is 0 Å². The zero-order chi connectivity index (χ0) is 11.9. The van der Waals surface area contributed by atoms with Crippen LogP contribution in [0.5, 0.6) is 0 Å². The van der Waals surface area contributed by atoms with Crippen LogP contribution in [0.1, 0.15) is 31.2 Å². The van der Waals surface area contributed by atoms with Crippen molar-refractivity contribution in [2.45, 2.75) is 25.7 Å². The van der Waals surface area contributed by atoms with Gasteiger partial charge in [-0.05, 0) is 36.8 Å². The number of rotatable bonds is 2. The Hall–Kier alpha value is -1.83. The smallest absolute Gasteiger partial charge is 0.0827 e. The second-order valence-corrected chi connectivity index (χ2v) is 4.22. The van der Waals surface area contributed by atoms with Crippen LogP contribution in [0.3, 0.4) is 0 Å². The van der Waals surface area contributed by atoms with Gasteiger partial charge in [0.15, 0.2) is 0 Å². The van der Waals surface area contributed by atoms with Gasteiger partial charge in [-0.2, -0.15) is 0 Å². The van der Waals surface area contributed by atoms with Gasteiger partial charge in [0, 0.05) is 0 Å². The fourth-order valence-corrected chi connectivity index (χ4v) is 2.05. The molecule has 1 aromatic rings. The molecule has 0 saturated heterocycles. The summed E-state index contributed by atoms with van der Waals surface area (Å²) in [5.41, 5.74) is 3.18. The van der Waals surface area contributed by atoms with Gasteiger partial charge in [0.25, 0.3) is 0 Å². The van der Waals surface area contributed by atoms with Gasteiger partial charge >= 0.3 is 0 Å². The largest absolute Gasteiger partial charge is 0.411 e. The SMILES string of the molecule is O\N=C1/CCCC/C1=C/C=C/c1ccccc1. The predicted molar refractivity (Wildman–Crippen MR) is 71.2 cm³/mol. The summed E-state index contributed by atoms with van der Waals surface area (Å²) in [7, 11) is 0. The molecule has 2 nitrogen and oxygen atoms in total. The average molecular weight is 227 g/mol. The molecule has 1 saturated carbocycles. The zero-order valence-electron chi connectivity index (χ0n) is 9.84. The van der Waals surface area contributed by atoms with E-state index < -0.39 is 0 Å². The Morgan fingerprint density at radius 2 is 1.82 bits per heavy atom. The van der Waals surface area contributed by atoms with Crippen molar-refractivity contribution in [1.82, 2.24) is 0 Å². The van der Waals surface area contributed by atoms with Crippen LogP contribution in [-0.4, -0.2) is 10.9 Å². The van der Waals surface area contributed by atoms with Crippen LogP contribution in [0, 0.1) is 0 Å². The Balaban J connectivity index is 2.07. The van der Waals surface area contributed by atoms with Crippen molar-refractivity contribution in [2.24, 2.45) is 5.16 Å². The lowest BCUT2D eigenvalue weighted by atomic mass is 9.92. The molecule has 1 aliphatic rings. The van der Waals surface area contributed by atoms with Crippen molar-refractivity contribution in [3.8, 4) is 0 Å². The van der Waals surface area contributed by atoms with Crippen LogP contribution in [0.4, 0.5) is 0 Å². The molecule has 0 aliphatic heterocycles. The molecular weight excluding hydrogens is 210 g/mol. The van der Waals surface area contributed by atoms with Crippen LogP contribution < -0.4 is 0 Å². The highest BCUT2D eigenvalue weighted by atomic mass is 16.4. The van der Waals surface area contributed by atoms with E-state index in [1.54, 1.807) is 0 Å². The summed E-state index contributed by atoms with van der Waals surface area (Å²) in [4.78, 5) is 0. The molecule has 0 unspecified atom stereocenters. The molecule has 0 radical (unpaired) electrons. The summed E-state index contributed by atoms with van der Waals surface area (Å²) < 4.78 is 0. The lowest BCUT2D eigenvalue weighted by Gasteiger charge is -2.14. The topological polar surface area (TPSA) is 32.6 Å². The quantitative estimate of drug-likeness (QED) is 0.600. The molecule has 0 bridgehead atoms. The third kappa shape index (κ3) is 3.31. The van der Waals surface area contributed by atoms with E-state index in [9.17, 15) is 0 Å². The normalized spacial score (nSPS) is 21.4. The number of allylic oxidation sites excluding steroid dienone is 3. The third-order valence-corrected chi connectivity index (χ3v) is 2.99. The van der Waals surface area contributed by atoms with E-state index in [-0.39, 0.29) is 0 Å². The summed E-state index contributed by atoms with van der Waals surface area (Å²) in [6.45, 7) is 0. The van der Waals surface area contributed by atoms with Crippen LogP contribution in [-0.2, 0) is 0 Å². The first-order chi connectivity index (χ1) is 8.40. The van der Waals surface area contributed by atoms with E-state index in [1.165, 1.54) is 12.0 Å². The number of hydrogen-bond donors (Lipinski definition) is 1. The number of oxime groups is 1. The minimum absolute atomic E-state index is 0.842. The molecule has 2 heteroatoms. The number of benzene rings is 1. The van der Waals surface area contributed by atoms with Crippen molar-refractivity contribution >= 4 is 11.8 Å².